The van der Waals surface area contributed by atoms with Crippen LogP contribution in [0.25, 0.3) is 0 Å². The van der Waals surface area contributed by atoms with E-state index in [0.717, 1.165) is 11.4 Å². The van der Waals surface area contributed by atoms with Crippen LogP contribution in [0.1, 0.15) is 31.1 Å². The molecule has 3 nitrogen and oxygen atoms in total. The molecule has 0 radical (unpaired) electrons. The molecule has 110 valence electrons. The highest BCUT2D eigenvalue weighted by Gasteiger charge is 2.07. The highest BCUT2D eigenvalue weighted by atomic mass is 19.1. The number of ether oxygens (including phenoxy) is 1. The van der Waals surface area contributed by atoms with E-state index < -0.39 is 5.82 Å². The molecule has 0 aliphatic carbocycles. The lowest BCUT2D eigenvalue weighted by Crippen LogP contribution is -2.05. The third-order valence-corrected chi connectivity index (χ3v) is 2.88. The van der Waals surface area contributed by atoms with Crippen LogP contribution >= 0.6 is 0 Å². The Hall–Kier alpha value is -2.36. The van der Waals surface area contributed by atoms with Crippen LogP contribution < -0.4 is 10.1 Å². The number of anilines is 2. The fourth-order valence-corrected chi connectivity index (χ4v) is 1.88. The van der Waals surface area contributed by atoms with E-state index in [1.165, 1.54) is 25.1 Å². The van der Waals surface area contributed by atoms with Gasteiger partial charge < -0.3 is 10.1 Å². The molecule has 21 heavy (non-hydrogen) atoms. The Morgan fingerprint density at radius 2 is 1.81 bits per heavy atom. The van der Waals surface area contributed by atoms with Gasteiger partial charge in [0.2, 0.25) is 0 Å². The van der Waals surface area contributed by atoms with E-state index in [9.17, 15) is 9.18 Å². The summed E-state index contributed by atoms with van der Waals surface area (Å²) < 4.78 is 19.3. The summed E-state index contributed by atoms with van der Waals surface area (Å²) in [6.45, 7) is 5.36. The normalized spacial score (nSPS) is 10.5. The maximum Gasteiger partial charge on any atom is 0.159 e. The lowest BCUT2D eigenvalue weighted by Gasteiger charge is -2.12. The van der Waals surface area contributed by atoms with Crippen molar-refractivity contribution in [3.63, 3.8) is 0 Å². The van der Waals surface area contributed by atoms with Crippen LogP contribution in [0.5, 0.6) is 5.75 Å². The van der Waals surface area contributed by atoms with Gasteiger partial charge >= 0.3 is 0 Å². The van der Waals surface area contributed by atoms with Crippen molar-refractivity contribution in [2.75, 3.05) is 5.32 Å². The largest absolute Gasteiger partial charge is 0.491 e. The lowest BCUT2D eigenvalue weighted by molar-refractivity contribution is 0.101. The lowest BCUT2D eigenvalue weighted by atomic mass is 10.1. The molecule has 0 fully saturated rings. The smallest absolute Gasteiger partial charge is 0.159 e. The molecule has 0 saturated heterocycles. The van der Waals surface area contributed by atoms with Crippen LogP contribution in [-0.4, -0.2) is 11.9 Å². The molecule has 0 bridgehead atoms. The first-order chi connectivity index (χ1) is 9.95. The standard InChI is InChI=1S/C17H18FNO2/c1-11(2)21-15-7-5-14(6-8-15)19-17-10-13(12(3)20)4-9-16(17)18/h4-11,19H,1-3H3. The van der Waals surface area contributed by atoms with Crippen LogP contribution in [0.3, 0.4) is 0 Å². The predicted octanol–water partition coefficient (Wildman–Crippen LogP) is 4.56. The number of carbonyl (C=O) groups excluding carboxylic acids is 1. The fraction of sp³-hybridized carbons (Fsp3) is 0.235. The van der Waals surface area contributed by atoms with Gasteiger partial charge in [0.05, 0.1) is 11.8 Å². The minimum absolute atomic E-state index is 0.0984. The third-order valence-electron chi connectivity index (χ3n) is 2.88. The second kappa shape index (κ2) is 6.39. The quantitative estimate of drug-likeness (QED) is 0.819. The van der Waals surface area contributed by atoms with Crippen molar-refractivity contribution in [3.05, 3.63) is 53.8 Å². The van der Waals surface area contributed by atoms with E-state index in [-0.39, 0.29) is 17.6 Å². The summed E-state index contributed by atoms with van der Waals surface area (Å²) in [6, 6.07) is 11.5. The van der Waals surface area contributed by atoms with E-state index in [2.05, 4.69) is 5.32 Å². The molecule has 0 aromatic heterocycles. The molecule has 0 aliphatic rings. The summed E-state index contributed by atoms with van der Waals surface area (Å²) in [7, 11) is 0. The van der Waals surface area contributed by atoms with Gasteiger partial charge in [-0.2, -0.15) is 0 Å². The molecule has 2 aromatic rings. The van der Waals surface area contributed by atoms with Crippen molar-refractivity contribution in [2.45, 2.75) is 26.9 Å². The number of ketones is 1. The van der Waals surface area contributed by atoms with Gasteiger partial charge in [0, 0.05) is 11.3 Å². The first-order valence-corrected chi connectivity index (χ1v) is 6.80. The van der Waals surface area contributed by atoms with Gasteiger partial charge in [-0.3, -0.25) is 4.79 Å². The molecule has 0 unspecified atom stereocenters. The monoisotopic (exact) mass is 287 g/mol. The molecule has 0 heterocycles. The van der Waals surface area contributed by atoms with Crippen LogP contribution in [0.4, 0.5) is 15.8 Å². The molecule has 2 aromatic carbocycles. The molecule has 0 amide bonds. The molecular formula is C17H18FNO2. The Kier molecular flexibility index (Phi) is 4.58. The molecule has 1 N–H and O–H groups in total. The average Bonchev–Trinajstić information content (AvgIpc) is 2.42. The Morgan fingerprint density at radius 1 is 1.14 bits per heavy atom. The summed E-state index contributed by atoms with van der Waals surface area (Å²) in [6.07, 6.45) is 0.105. The topological polar surface area (TPSA) is 38.3 Å². The number of hydrogen-bond acceptors (Lipinski definition) is 3. The van der Waals surface area contributed by atoms with Gasteiger partial charge in [0.1, 0.15) is 11.6 Å². The fourth-order valence-electron chi connectivity index (χ4n) is 1.88. The van der Waals surface area contributed by atoms with E-state index in [4.69, 9.17) is 4.74 Å². The molecule has 4 heteroatoms. The van der Waals surface area contributed by atoms with Crippen molar-refractivity contribution < 1.29 is 13.9 Å². The van der Waals surface area contributed by atoms with Gasteiger partial charge in [0.25, 0.3) is 0 Å². The first kappa shape index (κ1) is 15.0. The minimum atomic E-state index is -0.400. The number of halogens is 1. The Labute approximate surface area is 123 Å². The number of hydrogen-bond donors (Lipinski definition) is 1. The minimum Gasteiger partial charge on any atom is -0.491 e. The molecule has 0 aliphatic heterocycles. The van der Waals surface area contributed by atoms with Gasteiger partial charge in [-0.05, 0) is 63.2 Å². The SMILES string of the molecule is CC(=O)c1ccc(F)c(Nc2ccc(OC(C)C)cc2)c1. The molecular weight excluding hydrogens is 269 g/mol. The van der Waals surface area contributed by atoms with Crippen LogP contribution in [0.15, 0.2) is 42.5 Å². The van der Waals surface area contributed by atoms with Gasteiger partial charge in [0.15, 0.2) is 5.78 Å². The zero-order valence-electron chi connectivity index (χ0n) is 12.3. The summed E-state index contributed by atoms with van der Waals surface area (Å²) >= 11 is 0. The maximum atomic E-state index is 13.8. The summed E-state index contributed by atoms with van der Waals surface area (Å²) in [5.74, 6) is 0.259. The van der Waals surface area contributed by atoms with Gasteiger partial charge in [-0.1, -0.05) is 0 Å². The Bertz CT molecular complexity index is 636. The number of rotatable bonds is 5. The molecule has 0 atom stereocenters. The predicted molar refractivity (Wildman–Crippen MR) is 81.9 cm³/mol. The van der Waals surface area contributed by atoms with Crippen LogP contribution in [0, 0.1) is 5.82 Å². The van der Waals surface area contributed by atoms with E-state index in [1.54, 1.807) is 12.1 Å². The van der Waals surface area contributed by atoms with Crippen molar-refractivity contribution in [3.8, 4) is 5.75 Å². The van der Waals surface area contributed by atoms with E-state index in [1.807, 2.05) is 26.0 Å². The second-order valence-corrected chi connectivity index (χ2v) is 5.07. The van der Waals surface area contributed by atoms with Crippen molar-refractivity contribution in [1.29, 1.82) is 0 Å². The average molecular weight is 287 g/mol. The third kappa shape index (κ3) is 4.05. The number of carbonyl (C=O) groups is 1. The zero-order valence-corrected chi connectivity index (χ0v) is 12.3. The summed E-state index contributed by atoms with van der Waals surface area (Å²) in [4.78, 5) is 11.3. The maximum absolute atomic E-state index is 13.8. The Balaban J connectivity index is 2.18. The molecule has 0 saturated carbocycles. The van der Waals surface area contributed by atoms with Crippen LogP contribution in [-0.2, 0) is 0 Å². The van der Waals surface area contributed by atoms with Gasteiger partial charge in [-0.15, -0.1) is 0 Å². The van der Waals surface area contributed by atoms with E-state index >= 15 is 0 Å². The van der Waals surface area contributed by atoms with Crippen LogP contribution in [0.2, 0.25) is 0 Å². The summed E-state index contributed by atoms with van der Waals surface area (Å²) in [5.41, 5.74) is 1.48. The Morgan fingerprint density at radius 3 is 2.38 bits per heavy atom. The van der Waals surface area contributed by atoms with Crippen molar-refractivity contribution in [1.82, 2.24) is 0 Å². The number of nitrogens with one attached hydrogen (secondary N) is 1. The highest BCUT2D eigenvalue weighted by molar-refractivity contribution is 5.95. The van der Waals surface area contributed by atoms with Crippen molar-refractivity contribution >= 4 is 17.2 Å². The first-order valence-electron chi connectivity index (χ1n) is 6.80. The highest BCUT2D eigenvalue weighted by Crippen LogP contribution is 2.23. The van der Waals surface area contributed by atoms with Crippen molar-refractivity contribution in [2.24, 2.45) is 0 Å². The molecule has 0 spiro atoms. The molecule has 2 rings (SSSR count). The number of benzene rings is 2. The van der Waals surface area contributed by atoms with Gasteiger partial charge in [-0.25, -0.2) is 4.39 Å². The zero-order chi connectivity index (χ0) is 15.4. The second-order valence-electron chi connectivity index (χ2n) is 5.07. The summed E-state index contributed by atoms with van der Waals surface area (Å²) in [5, 5.41) is 2.97. The van der Waals surface area contributed by atoms with E-state index in [0.29, 0.717) is 5.56 Å². The number of Topliss-reactive ketones (excluding diaryl/α,β-unsaturated/α-hetero) is 1.